The van der Waals surface area contributed by atoms with E-state index in [0.717, 1.165) is 6.54 Å². The van der Waals surface area contributed by atoms with Crippen molar-refractivity contribution < 1.29 is 9.53 Å². The van der Waals surface area contributed by atoms with Crippen molar-refractivity contribution in [3.8, 4) is 0 Å². The van der Waals surface area contributed by atoms with Crippen LogP contribution in [0.15, 0.2) is 12.7 Å². The van der Waals surface area contributed by atoms with E-state index in [2.05, 4.69) is 41.2 Å². The Morgan fingerprint density at radius 3 is 2.45 bits per heavy atom. The summed E-state index contributed by atoms with van der Waals surface area (Å²) in [6.07, 6.45) is 3.81. The molecule has 0 aromatic carbocycles. The van der Waals surface area contributed by atoms with E-state index in [1.165, 1.54) is 12.8 Å². The van der Waals surface area contributed by atoms with E-state index in [0.29, 0.717) is 17.8 Å². The number of ether oxygens (including phenoxy) is 1. The molecule has 0 N–H and O–H groups in total. The van der Waals surface area contributed by atoms with Crippen LogP contribution in [0.1, 0.15) is 47.5 Å². The van der Waals surface area contributed by atoms with Gasteiger partial charge in [-0.2, -0.15) is 12.6 Å². The third kappa shape index (κ3) is 3.32. The van der Waals surface area contributed by atoms with Gasteiger partial charge >= 0.3 is 6.09 Å². The number of nitrogens with zero attached hydrogens (tertiary/aromatic N) is 1. The second-order valence-electron chi connectivity index (χ2n) is 8.22. The molecule has 2 rings (SSSR count). The van der Waals surface area contributed by atoms with Gasteiger partial charge in [0.2, 0.25) is 0 Å². The predicted octanol–water partition coefficient (Wildman–Crippen LogP) is 4.39. The first-order valence-corrected chi connectivity index (χ1v) is 8.83. The fraction of sp³-hybridized carbons (Fsp3) is 0.833. The maximum Gasteiger partial charge on any atom is 0.410 e. The average molecular weight is 326 g/mol. The summed E-state index contributed by atoms with van der Waals surface area (Å²) in [5.41, 5.74) is 0.147. The van der Waals surface area contributed by atoms with Crippen molar-refractivity contribution in [2.24, 2.45) is 23.2 Å². The molecular formula is C18H31NO2S. The highest BCUT2D eigenvalue weighted by Crippen LogP contribution is 2.58. The van der Waals surface area contributed by atoms with Crippen LogP contribution in [0.3, 0.4) is 0 Å². The smallest absolute Gasteiger partial charge is 0.410 e. The molecule has 22 heavy (non-hydrogen) atoms. The second kappa shape index (κ2) is 6.10. The Hall–Kier alpha value is -0.640. The van der Waals surface area contributed by atoms with E-state index in [9.17, 15) is 4.79 Å². The first-order valence-electron chi connectivity index (χ1n) is 8.38. The Morgan fingerprint density at radius 1 is 1.41 bits per heavy atom. The minimum Gasteiger partial charge on any atom is -0.445 e. The molecule has 4 heteroatoms. The minimum atomic E-state index is -0.212. The lowest BCUT2D eigenvalue weighted by Crippen LogP contribution is -2.58. The zero-order chi connectivity index (χ0) is 16.7. The molecule has 2 aliphatic rings. The van der Waals surface area contributed by atoms with Crippen LogP contribution in [0.5, 0.6) is 0 Å². The molecule has 1 heterocycles. The molecule has 1 aliphatic heterocycles. The second-order valence-corrected chi connectivity index (χ2v) is 9.11. The van der Waals surface area contributed by atoms with Crippen molar-refractivity contribution in [1.29, 1.82) is 0 Å². The molecule has 3 unspecified atom stereocenters. The summed E-state index contributed by atoms with van der Waals surface area (Å²) in [5, 5.41) is 0. The van der Waals surface area contributed by atoms with Crippen molar-refractivity contribution in [3.05, 3.63) is 12.7 Å². The molecular weight excluding hydrogens is 294 g/mol. The Labute approximate surface area is 140 Å². The van der Waals surface area contributed by atoms with Crippen LogP contribution >= 0.6 is 12.6 Å². The van der Waals surface area contributed by atoms with E-state index in [1.807, 2.05) is 4.90 Å². The van der Waals surface area contributed by atoms with Gasteiger partial charge in [-0.3, -0.25) is 0 Å². The SMILES string of the molecule is C=CCOC(=O)N1C[C@@H](C(C)(C)C)C(C2(S)CC2)C(C)C1C. The van der Waals surface area contributed by atoms with Gasteiger partial charge in [-0.1, -0.05) is 40.3 Å². The normalized spacial score (nSPS) is 34.2. The van der Waals surface area contributed by atoms with Gasteiger partial charge in [-0.15, -0.1) is 0 Å². The number of hydrogen-bond acceptors (Lipinski definition) is 3. The molecule has 0 radical (unpaired) electrons. The molecule has 0 aromatic heterocycles. The number of rotatable bonds is 3. The van der Waals surface area contributed by atoms with Gasteiger partial charge in [-0.25, -0.2) is 4.79 Å². The van der Waals surface area contributed by atoms with Gasteiger partial charge in [0.1, 0.15) is 6.61 Å². The Balaban J connectivity index is 2.24. The maximum absolute atomic E-state index is 12.4. The third-order valence-corrected chi connectivity index (χ3v) is 6.45. The first-order chi connectivity index (χ1) is 10.1. The van der Waals surface area contributed by atoms with E-state index in [4.69, 9.17) is 17.4 Å². The first kappa shape index (κ1) is 17.7. The summed E-state index contributed by atoms with van der Waals surface area (Å²) in [7, 11) is 0. The van der Waals surface area contributed by atoms with Crippen molar-refractivity contribution >= 4 is 18.7 Å². The molecule has 0 aromatic rings. The highest BCUT2D eigenvalue weighted by atomic mass is 32.1. The van der Waals surface area contributed by atoms with Crippen molar-refractivity contribution in [2.45, 2.75) is 58.2 Å². The highest BCUT2D eigenvalue weighted by molar-refractivity contribution is 7.82. The average Bonchev–Trinajstić information content (AvgIpc) is 3.16. The number of piperidine rings is 1. The molecule has 0 spiro atoms. The van der Waals surface area contributed by atoms with Crippen LogP contribution in [0, 0.1) is 23.2 Å². The zero-order valence-corrected chi connectivity index (χ0v) is 15.5. The van der Waals surface area contributed by atoms with Gasteiger partial charge in [0, 0.05) is 17.3 Å². The molecule has 126 valence electrons. The van der Waals surface area contributed by atoms with Crippen molar-refractivity contribution in [1.82, 2.24) is 4.90 Å². The van der Waals surface area contributed by atoms with Crippen LogP contribution in [0.4, 0.5) is 4.79 Å². The summed E-state index contributed by atoms with van der Waals surface area (Å²) in [5.74, 6) is 1.42. The van der Waals surface area contributed by atoms with Gasteiger partial charge in [-0.05, 0) is 42.9 Å². The molecule has 1 amide bonds. The van der Waals surface area contributed by atoms with Crippen LogP contribution in [-0.2, 0) is 4.74 Å². The van der Waals surface area contributed by atoms with E-state index in [-0.39, 0.29) is 28.9 Å². The lowest BCUT2D eigenvalue weighted by molar-refractivity contribution is -0.0259. The number of amides is 1. The van der Waals surface area contributed by atoms with Crippen molar-refractivity contribution in [2.75, 3.05) is 13.2 Å². The van der Waals surface area contributed by atoms with Gasteiger partial charge in [0.25, 0.3) is 0 Å². The topological polar surface area (TPSA) is 29.5 Å². The fourth-order valence-electron chi connectivity index (χ4n) is 4.03. The van der Waals surface area contributed by atoms with Crippen LogP contribution in [0.25, 0.3) is 0 Å². The van der Waals surface area contributed by atoms with Crippen LogP contribution in [0.2, 0.25) is 0 Å². The molecule has 1 saturated carbocycles. The van der Waals surface area contributed by atoms with Gasteiger partial charge in [0.15, 0.2) is 0 Å². The largest absolute Gasteiger partial charge is 0.445 e. The third-order valence-electron chi connectivity index (χ3n) is 5.70. The highest BCUT2D eigenvalue weighted by Gasteiger charge is 2.57. The van der Waals surface area contributed by atoms with E-state index in [1.54, 1.807) is 6.08 Å². The monoisotopic (exact) mass is 325 g/mol. The lowest BCUT2D eigenvalue weighted by atomic mass is 9.63. The summed E-state index contributed by atoms with van der Waals surface area (Å²) in [6, 6.07) is 0.186. The quantitative estimate of drug-likeness (QED) is 0.616. The summed E-state index contributed by atoms with van der Waals surface area (Å²) in [6.45, 7) is 15.9. The number of likely N-dealkylation sites (tertiary alicyclic amines) is 1. The molecule has 4 atom stereocenters. The molecule has 1 saturated heterocycles. The zero-order valence-electron chi connectivity index (χ0n) is 14.6. The molecule has 0 bridgehead atoms. The summed E-state index contributed by atoms with van der Waals surface area (Å²) >= 11 is 4.99. The Kier molecular flexibility index (Phi) is 4.91. The number of carbonyl (C=O) groups is 1. The predicted molar refractivity (Wildman–Crippen MR) is 94.3 cm³/mol. The number of carbonyl (C=O) groups excluding carboxylic acids is 1. The molecule has 3 nitrogen and oxygen atoms in total. The summed E-state index contributed by atoms with van der Waals surface area (Å²) < 4.78 is 5.47. The number of thiol groups is 1. The Morgan fingerprint density at radius 2 is 2.00 bits per heavy atom. The Bertz CT molecular complexity index is 439. The van der Waals surface area contributed by atoms with Gasteiger partial charge in [0.05, 0.1) is 0 Å². The van der Waals surface area contributed by atoms with Crippen LogP contribution < -0.4 is 0 Å². The minimum absolute atomic E-state index is 0.147. The number of hydrogen-bond donors (Lipinski definition) is 1. The van der Waals surface area contributed by atoms with Crippen molar-refractivity contribution in [3.63, 3.8) is 0 Å². The van der Waals surface area contributed by atoms with Crippen LogP contribution in [-0.4, -0.2) is 34.9 Å². The fourth-order valence-corrected chi connectivity index (χ4v) is 4.56. The lowest BCUT2D eigenvalue weighted by Gasteiger charge is -2.53. The standard InChI is InChI=1S/C18H31NO2S/c1-7-10-21-16(20)19-11-14(17(4,5)6)15(12(2)13(19)3)18(22)8-9-18/h7,12-15,22H,1,8-11H2,2-6H3/t12?,13?,14-,15?/m1/s1. The maximum atomic E-state index is 12.4. The summed E-state index contributed by atoms with van der Waals surface area (Å²) in [4.78, 5) is 14.3. The molecule has 1 aliphatic carbocycles. The molecule has 2 fully saturated rings. The van der Waals surface area contributed by atoms with Gasteiger partial charge < -0.3 is 9.64 Å². The van der Waals surface area contributed by atoms with E-state index < -0.39 is 0 Å². The van der Waals surface area contributed by atoms with E-state index >= 15 is 0 Å².